The Balaban J connectivity index is 1.92. The van der Waals surface area contributed by atoms with Crippen LogP contribution in [0.4, 0.5) is 11.9 Å². The van der Waals surface area contributed by atoms with Crippen molar-refractivity contribution in [3.8, 4) is 5.95 Å². The number of sulfonamides is 1. The maximum atomic E-state index is 10.9. The molecule has 0 aliphatic carbocycles. The van der Waals surface area contributed by atoms with Crippen molar-refractivity contribution in [2.45, 2.75) is 6.42 Å². The van der Waals surface area contributed by atoms with Gasteiger partial charge in [-0.1, -0.05) is 0 Å². The van der Waals surface area contributed by atoms with Gasteiger partial charge in [-0.2, -0.15) is 20.1 Å². The predicted molar refractivity (Wildman–Crippen MR) is 77.3 cm³/mol. The van der Waals surface area contributed by atoms with E-state index in [1.165, 1.54) is 4.68 Å². The number of nitrogens with zero attached hydrogens (tertiary/aromatic N) is 5. The van der Waals surface area contributed by atoms with Crippen LogP contribution in [0.5, 0.6) is 0 Å². The largest absolute Gasteiger partial charge is 0.368 e. The zero-order valence-corrected chi connectivity index (χ0v) is 12.2. The zero-order valence-electron chi connectivity index (χ0n) is 11.4. The molecule has 0 unspecified atom stereocenters. The van der Waals surface area contributed by atoms with E-state index < -0.39 is 10.0 Å². The fourth-order valence-electron chi connectivity index (χ4n) is 1.50. The molecule has 0 saturated carbocycles. The zero-order chi connectivity index (χ0) is 15.3. The van der Waals surface area contributed by atoms with E-state index in [-0.39, 0.29) is 5.95 Å². The van der Waals surface area contributed by atoms with Crippen molar-refractivity contribution in [2.75, 3.05) is 30.4 Å². The second-order valence-corrected chi connectivity index (χ2v) is 6.05. The highest BCUT2D eigenvalue weighted by molar-refractivity contribution is 7.88. The molecule has 0 bridgehead atoms. The van der Waals surface area contributed by atoms with Crippen LogP contribution in [-0.2, 0) is 10.0 Å². The number of nitrogen functional groups attached to an aromatic ring is 1. The number of nitrogens with one attached hydrogen (secondary N) is 2. The minimum absolute atomic E-state index is 0.0762. The van der Waals surface area contributed by atoms with Gasteiger partial charge in [0.25, 0.3) is 5.95 Å². The molecule has 0 atom stereocenters. The number of rotatable bonds is 7. The van der Waals surface area contributed by atoms with Crippen molar-refractivity contribution in [1.29, 1.82) is 0 Å². The fraction of sp³-hybridized carbons (Fsp3) is 0.400. The first-order valence-electron chi connectivity index (χ1n) is 6.14. The van der Waals surface area contributed by atoms with Gasteiger partial charge in [0.2, 0.25) is 21.9 Å². The van der Waals surface area contributed by atoms with Crippen molar-refractivity contribution >= 4 is 21.9 Å². The normalized spacial score (nSPS) is 11.5. The molecule has 11 heteroatoms. The van der Waals surface area contributed by atoms with Crippen LogP contribution in [0.2, 0.25) is 0 Å². The molecular formula is C10H16N8O2S. The lowest BCUT2D eigenvalue weighted by Crippen LogP contribution is -2.24. The number of anilines is 2. The van der Waals surface area contributed by atoms with Crippen LogP contribution < -0.4 is 15.8 Å². The van der Waals surface area contributed by atoms with E-state index in [9.17, 15) is 8.42 Å². The van der Waals surface area contributed by atoms with Crippen molar-refractivity contribution in [1.82, 2.24) is 29.5 Å². The molecule has 0 saturated heterocycles. The molecule has 2 heterocycles. The third-order valence-electron chi connectivity index (χ3n) is 2.35. The highest BCUT2D eigenvalue weighted by Crippen LogP contribution is 2.06. The molecule has 2 aromatic heterocycles. The lowest BCUT2D eigenvalue weighted by Gasteiger charge is -2.07. The summed E-state index contributed by atoms with van der Waals surface area (Å²) in [7, 11) is -3.16. The number of hydrogen-bond acceptors (Lipinski definition) is 8. The lowest BCUT2D eigenvalue weighted by atomic mass is 10.4. The molecule has 0 spiro atoms. The van der Waals surface area contributed by atoms with Gasteiger partial charge in [0, 0.05) is 25.5 Å². The van der Waals surface area contributed by atoms with Crippen LogP contribution in [0.15, 0.2) is 18.5 Å². The molecule has 0 aliphatic rings. The summed E-state index contributed by atoms with van der Waals surface area (Å²) >= 11 is 0. The lowest BCUT2D eigenvalue weighted by molar-refractivity contribution is 0.586. The SMILES string of the molecule is CS(=O)(=O)NCCCNc1nc(N)nc(-n2cccn2)n1. The van der Waals surface area contributed by atoms with E-state index in [4.69, 9.17) is 5.73 Å². The predicted octanol–water partition coefficient (Wildman–Crippen LogP) is -1.01. The van der Waals surface area contributed by atoms with Gasteiger partial charge in [-0.15, -0.1) is 0 Å². The average molecular weight is 312 g/mol. The van der Waals surface area contributed by atoms with E-state index in [0.29, 0.717) is 31.4 Å². The summed E-state index contributed by atoms with van der Waals surface area (Å²) in [5.41, 5.74) is 5.62. The molecule has 21 heavy (non-hydrogen) atoms. The second kappa shape index (κ2) is 6.45. The summed E-state index contributed by atoms with van der Waals surface area (Å²) in [6, 6.07) is 1.74. The molecule has 4 N–H and O–H groups in total. The highest BCUT2D eigenvalue weighted by atomic mass is 32.2. The van der Waals surface area contributed by atoms with Gasteiger partial charge < -0.3 is 11.1 Å². The van der Waals surface area contributed by atoms with Gasteiger partial charge in [-0.3, -0.25) is 0 Å². The van der Waals surface area contributed by atoms with Gasteiger partial charge in [-0.05, 0) is 12.5 Å². The van der Waals surface area contributed by atoms with Gasteiger partial charge in [0.15, 0.2) is 0 Å². The van der Waals surface area contributed by atoms with Gasteiger partial charge in [-0.25, -0.2) is 17.8 Å². The first-order chi connectivity index (χ1) is 9.94. The molecule has 0 amide bonds. The van der Waals surface area contributed by atoms with Gasteiger partial charge >= 0.3 is 0 Å². The molecule has 2 rings (SSSR count). The summed E-state index contributed by atoms with van der Waals surface area (Å²) in [4.78, 5) is 12.1. The Hall–Kier alpha value is -2.27. The molecular weight excluding hydrogens is 296 g/mol. The van der Waals surface area contributed by atoms with Crippen molar-refractivity contribution in [3.63, 3.8) is 0 Å². The topological polar surface area (TPSA) is 141 Å². The molecule has 0 radical (unpaired) electrons. The average Bonchev–Trinajstić information content (AvgIpc) is 2.90. The second-order valence-electron chi connectivity index (χ2n) is 4.21. The maximum Gasteiger partial charge on any atom is 0.257 e. The molecule has 2 aromatic rings. The number of hydrogen-bond donors (Lipinski definition) is 3. The van der Waals surface area contributed by atoms with Crippen LogP contribution in [-0.4, -0.2) is 52.5 Å². The number of nitrogens with two attached hydrogens (primary N) is 1. The van der Waals surface area contributed by atoms with Crippen molar-refractivity contribution in [2.24, 2.45) is 0 Å². The summed E-state index contributed by atoms with van der Waals surface area (Å²) in [5.74, 6) is 0.698. The smallest absolute Gasteiger partial charge is 0.257 e. The molecule has 0 aromatic carbocycles. The Morgan fingerprint density at radius 3 is 2.76 bits per heavy atom. The van der Waals surface area contributed by atoms with Crippen molar-refractivity contribution in [3.05, 3.63) is 18.5 Å². The maximum absolute atomic E-state index is 10.9. The third kappa shape index (κ3) is 4.96. The minimum atomic E-state index is -3.16. The summed E-state index contributed by atoms with van der Waals surface area (Å²) in [6.45, 7) is 0.822. The Labute approximate surface area is 121 Å². The molecule has 0 aliphatic heterocycles. The minimum Gasteiger partial charge on any atom is -0.368 e. The molecule has 0 fully saturated rings. The van der Waals surface area contributed by atoms with Crippen LogP contribution in [0.3, 0.4) is 0 Å². The van der Waals surface area contributed by atoms with Gasteiger partial charge in [0.1, 0.15) is 0 Å². The van der Waals surface area contributed by atoms with Crippen LogP contribution in [0.1, 0.15) is 6.42 Å². The fourth-order valence-corrected chi connectivity index (χ4v) is 2.01. The van der Waals surface area contributed by atoms with Crippen LogP contribution >= 0.6 is 0 Å². The Morgan fingerprint density at radius 1 is 1.29 bits per heavy atom. The Morgan fingerprint density at radius 2 is 2.10 bits per heavy atom. The quantitative estimate of drug-likeness (QED) is 0.552. The van der Waals surface area contributed by atoms with Crippen LogP contribution in [0.25, 0.3) is 5.95 Å². The Kier molecular flexibility index (Phi) is 4.65. The number of aromatic nitrogens is 5. The third-order valence-corrected chi connectivity index (χ3v) is 3.08. The standard InChI is InChI=1S/C10H16N8O2S/c1-21(19,20)14-6-2-4-12-9-15-8(11)16-10(17-9)18-7-3-5-13-18/h3,5,7,14H,2,4,6H2,1H3,(H3,11,12,15,16,17). The van der Waals surface area contributed by atoms with Crippen molar-refractivity contribution < 1.29 is 8.42 Å². The summed E-state index contributed by atoms with van der Waals surface area (Å²) in [6.07, 6.45) is 4.98. The highest BCUT2D eigenvalue weighted by Gasteiger charge is 2.06. The Bertz CT molecular complexity index is 685. The van der Waals surface area contributed by atoms with E-state index in [1.54, 1.807) is 18.5 Å². The van der Waals surface area contributed by atoms with E-state index in [2.05, 4.69) is 30.1 Å². The first-order valence-corrected chi connectivity index (χ1v) is 8.03. The summed E-state index contributed by atoms with van der Waals surface area (Å²) in [5, 5.41) is 6.97. The first kappa shape index (κ1) is 15.1. The molecule has 114 valence electrons. The van der Waals surface area contributed by atoms with E-state index in [0.717, 1.165) is 6.26 Å². The summed E-state index contributed by atoms with van der Waals surface area (Å²) < 4.78 is 25.6. The monoisotopic (exact) mass is 312 g/mol. The van der Waals surface area contributed by atoms with E-state index in [1.807, 2.05) is 0 Å². The van der Waals surface area contributed by atoms with E-state index >= 15 is 0 Å². The van der Waals surface area contributed by atoms with Gasteiger partial charge in [0.05, 0.1) is 6.26 Å². The van der Waals surface area contributed by atoms with Crippen LogP contribution in [0, 0.1) is 0 Å². The molecule has 10 nitrogen and oxygen atoms in total.